The molecule has 6 heteroatoms. The molecule has 0 fully saturated rings. The van der Waals surface area contributed by atoms with Crippen LogP contribution in [0, 0.1) is 6.92 Å². The predicted molar refractivity (Wildman–Crippen MR) is 94.8 cm³/mol. The van der Waals surface area contributed by atoms with Crippen LogP contribution in [-0.4, -0.2) is 38.8 Å². The van der Waals surface area contributed by atoms with Gasteiger partial charge in [-0.1, -0.05) is 19.9 Å². The molecule has 0 atom stereocenters. The van der Waals surface area contributed by atoms with Crippen LogP contribution in [0.4, 0.5) is 5.95 Å². The lowest BCUT2D eigenvalue weighted by molar-refractivity contribution is 0.0749. The first-order chi connectivity index (χ1) is 11.6. The van der Waals surface area contributed by atoms with Crippen LogP contribution in [0.2, 0.25) is 0 Å². The summed E-state index contributed by atoms with van der Waals surface area (Å²) in [4.78, 5) is 27.4. The maximum absolute atomic E-state index is 12.7. The Balaban J connectivity index is 2.13. The van der Waals surface area contributed by atoms with Gasteiger partial charge in [0.05, 0.1) is 0 Å². The summed E-state index contributed by atoms with van der Waals surface area (Å²) in [6.07, 6.45) is 5.39. The van der Waals surface area contributed by atoms with E-state index < -0.39 is 0 Å². The second kappa shape index (κ2) is 8.96. The highest BCUT2D eigenvalue weighted by atomic mass is 16.2. The average Bonchev–Trinajstić information content (AvgIpc) is 2.59. The van der Waals surface area contributed by atoms with E-state index in [4.69, 9.17) is 0 Å². The van der Waals surface area contributed by atoms with E-state index in [1.165, 1.54) is 0 Å². The summed E-state index contributed by atoms with van der Waals surface area (Å²) >= 11 is 0. The lowest BCUT2D eigenvalue weighted by atomic mass is 10.2. The molecule has 0 spiro atoms. The van der Waals surface area contributed by atoms with E-state index >= 15 is 0 Å². The topological polar surface area (TPSA) is 71.0 Å². The summed E-state index contributed by atoms with van der Waals surface area (Å²) in [7, 11) is 0. The maximum atomic E-state index is 12.7. The zero-order chi connectivity index (χ0) is 17.4. The molecule has 0 aliphatic carbocycles. The first kappa shape index (κ1) is 17.8. The predicted octanol–water partition coefficient (Wildman–Crippen LogP) is 3.05. The van der Waals surface area contributed by atoms with E-state index in [9.17, 15) is 4.79 Å². The van der Waals surface area contributed by atoms with E-state index in [2.05, 4.69) is 34.1 Å². The molecule has 0 radical (unpaired) electrons. The first-order valence-corrected chi connectivity index (χ1v) is 8.41. The Hall–Kier alpha value is -2.50. The fraction of sp³-hybridized carbons (Fsp3) is 0.444. The second-order valence-corrected chi connectivity index (χ2v) is 5.73. The monoisotopic (exact) mass is 327 g/mol. The number of amides is 1. The average molecular weight is 327 g/mol. The molecule has 1 N–H and O–H groups in total. The highest BCUT2D eigenvalue weighted by molar-refractivity contribution is 5.92. The number of anilines is 1. The van der Waals surface area contributed by atoms with Gasteiger partial charge in [0.1, 0.15) is 5.69 Å². The number of hydrogen-bond donors (Lipinski definition) is 1. The largest absolute Gasteiger partial charge is 0.350 e. The van der Waals surface area contributed by atoms with Gasteiger partial charge < -0.3 is 10.2 Å². The molecular weight excluding hydrogens is 302 g/mol. The van der Waals surface area contributed by atoms with Crippen molar-refractivity contribution in [3.63, 3.8) is 0 Å². The summed E-state index contributed by atoms with van der Waals surface area (Å²) < 4.78 is 0. The van der Waals surface area contributed by atoms with Crippen LogP contribution in [0.5, 0.6) is 0 Å². The normalized spacial score (nSPS) is 10.5. The van der Waals surface area contributed by atoms with Gasteiger partial charge in [-0.3, -0.25) is 9.78 Å². The molecule has 0 saturated heterocycles. The molecule has 24 heavy (non-hydrogen) atoms. The van der Waals surface area contributed by atoms with Crippen LogP contribution >= 0.6 is 0 Å². The van der Waals surface area contributed by atoms with Crippen molar-refractivity contribution in [1.82, 2.24) is 19.9 Å². The highest BCUT2D eigenvalue weighted by Gasteiger charge is 2.17. The lowest BCUT2D eigenvalue weighted by Gasteiger charge is -2.21. The van der Waals surface area contributed by atoms with E-state index in [0.717, 1.165) is 37.2 Å². The third kappa shape index (κ3) is 5.01. The van der Waals surface area contributed by atoms with E-state index in [0.29, 0.717) is 18.2 Å². The van der Waals surface area contributed by atoms with Crippen molar-refractivity contribution in [1.29, 1.82) is 0 Å². The van der Waals surface area contributed by atoms with Crippen LogP contribution in [-0.2, 0) is 6.54 Å². The second-order valence-electron chi connectivity index (χ2n) is 5.73. The lowest BCUT2D eigenvalue weighted by Crippen LogP contribution is -2.33. The maximum Gasteiger partial charge on any atom is 0.272 e. The van der Waals surface area contributed by atoms with Crippen LogP contribution in [0.15, 0.2) is 30.6 Å². The number of nitrogens with one attached hydrogen (secondary N) is 1. The highest BCUT2D eigenvalue weighted by Crippen LogP contribution is 2.10. The van der Waals surface area contributed by atoms with Crippen LogP contribution in [0.25, 0.3) is 0 Å². The fourth-order valence-corrected chi connectivity index (χ4v) is 2.46. The number of pyridine rings is 1. The number of rotatable bonds is 8. The Labute approximate surface area is 143 Å². The molecule has 2 rings (SSSR count). The van der Waals surface area contributed by atoms with Crippen molar-refractivity contribution in [2.24, 2.45) is 0 Å². The zero-order valence-electron chi connectivity index (χ0n) is 14.6. The molecule has 1 amide bonds. The van der Waals surface area contributed by atoms with Crippen molar-refractivity contribution >= 4 is 11.9 Å². The van der Waals surface area contributed by atoms with Crippen molar-refractivity contribution in [2.75, 3.05) is 18.4 Å². The molecule has 2 heterocycles. The van der Waals surface area contributed by atoms with Gasteiger partial charge >= 0.3 is 0 Å². The Morgan fingerprint density at radius 3 is 2.58 bits per heavy atom. The van der Waals surface area contributed by atoms with Crippen molar-refractivity contribution in [3.05, 3.63) is 47.5 Å². The van der Waals surface area contributed by atoms with Gasteiger partial charge in [0.2, 0.25) is 5.95 Å². The molecule has 0 aliphatic heterocycles. The van der Waals surface area contributed by atoms with Crippen molar-refractivity contribution in [3.8, 4) is 0 Å². The van der Waals surface area contributed by atoms with Crippen LogP contribution in [0.3, 0.4) is 0 Å². The van der Waals surface area contributed by atoms with Gasteiger partial charge in [-0.05, 0) is 37.5 Å². The molecule has 0 saturated carbocycles. The van der Waals surface area contributed by atoms with Gasteiger partial charge in [0.25, 0.3) is 5.91 Å². The Kier molecular flexibility index (Phi) is 6.66. The van der Waals surface area contributed by atoms with Crippen LogP contribution < -0.4 is 5.32 Å². The number of aromatic nitrogens is 3. The molecule has 0 aromatic carbocycles. The fourth-order valence-electron chi connectivity index (χ4n) is 2.46. The van der Waals surface area contributed by atoms with Gasteiger partial charge in [0, 0.05) is 37.7 Å². The molecule has 2 aromatic heterocycles. The van der Waals surface area contributed by atoms with E-state index in [-0.39, 0.29) is 5.91 Å². The minimum atomic E-state index is -0.0337. The van der Waals surface area contributed by atoms with Gasteiger partial charge in [-0.2, -0.15) is 0 Å². The summed E-state index contributed by atoms with van der Waals surface area (Å²) in [5.41, 5.74) is 2.25. The minimum absolute atomic E-state index is 0.0337. The van der Waals surface area contributed by atoms with E-state index in [1.807, 2.05) is 24.0 Å². The molecule has 2 aromatic rings. The summed E-state index contributed by atoms with van der Waals surface area (Å²) in [6.45, 7) is 8.07. The summed E-state index contributed by atoms with van der Waals surface area (Å²) in [5, 5.41) is 3.17. The van der Waals surface area contributed by atoms with Crippen molar-refractivity contribution < 1.29 is 4.79 Å². The molecule has 0 bridgehead atoms. The minimum Gasteiger partial charge on any atom is -0.350 e. The standard InChI is InChI=1S/C18H25N5O/c1-4-9-23(10-5-2)17(24)16-11-14(3)21-18(22-16)20-13-15-7-6-8-19-12-15/h6-8,11-12H,4-5,9-10,13H2,1-3H3,(H,20,21,22). The van der Waals surface area contributed by atoms with Gasteiger partial charge in [-0.15, -0.1) is 0 Å². The summed E-state index contributed by atoms with van der Waals surface area (Å²) in [5.74, 6) is 0.434. The molecule has 0 unspecified atom stereocenters. The quantitative estimate of drug-likeness (QED) is 0.807. The first-order valence-electron chi connectivity index (χ1n) is 8.41. The third-order valence-electron chi connectivity index (χ3n) is 3.52. The zero-order valence-corrected chi connectivity index (χ0v) is 14.6. The molecule has 0 aliphatic rings. The summed E-state index contributed by atoms with van der Waals surface area (Å²) in [6, 6.07) is 5.61. The molecule has 6 nitrogen and oxygen atoms in total. The van der Waals surface area contributed by atoms with Crippen molar-refractivity contribution in [2.45, 2.75) is 40.2 Å². The molecule has 128 valence electrons. The number of aryl methyl sites for hydroxylation is 1. The smallest absolute Gasteiger partial charge is 0.272 e. The Morgan fingerprint density at radius 2 is 1.96 bits per heavy atom. The third-order valence-corrected chi connectivity index (χ3v) is 3.52. The number of hydrogen-bond acceptors (Lipinski definition) is 5. The van der Waals surface area contributed by atoms with E-state index in [1.54, 1.807) is 18.5 Å². The Bertz CT molecular complexity index is 654. The number of nitrogens with zero attached hydrogens (tertiary/aromatic N) is 4. The SMILES string of the molecule is CCCN(CCC)C(=O)c1cc(C)nc(NCc2cccnc2)n1. The number of carbonyl (C=O) groups is 1. The molecular formula is C18H25N5O. The van der Waals surface area contributed by atoms with Crippen LogP contribution in [0.1, 0.15) is 48.4 Å². The van der Waals surface area contributed by atoms with Gasteiger partial charge in [-0.25, -0.2) is 9.97 Å². The number of carbonyl (C=O) groups excluding carboxylic acids is 1. The Morgan fingerprint density at radius 1 is 1.21 bits per heavy atom. The van der Waals surface area contributed by atoms with Gasteiger partial charge in [0.15, 0.2) is 0 Å².